The molecule has 1 aliphatic rings. The lowest BCUT2D eigenvalue weighted by atomic mass is 10.2. The van der Waals surface area contributed by atoms with E-state index in [-0.39, 0.29) is 29.3 Å². The summed E-state index contributed by atoms with van der Waals surface area (Å²) >= 11 is 1.13. The molecule has 1 aliphatic heterocycles. The molecular formula is C24H23N5O4S. The number of para-hydroxylation sites is 1. The quantitative estimate of drug-likeness (QED) is 0.224. The molecule has 174 valence electrons. The zero-order chi connectivity index (χ0) is 24.1. The zero-order valence-corrected chi connectivity index (χ0v) is 19.7. The second-order valence-corrected chi connectivity index (χ2v) is 8.53. The van der Waals surface area contributed by atoms with Crippen LogP contribution in [0.4, 0.5) is 11.6 Å². The van der Waals surface area contributed by atoms with Crippen LogP contribution in [0, 0.1) is 0 Å². The molecule has 3 aromatic rings. The van der Waals surface area contributed by atoms with Crippen LogP contribution in [-0.2, 0) is 4.79 Å². The number of hydrogen-bond acceptors (Lipinski definition) is 8. The highest BCUT2D eigenvalue weighted by atomic mass is 32.2. The first-order valence-corrected chi connectivity index (χ1v) is 11.5. The van der Waals surface area contributed by atoms with Gasteiger partial charge in [-0.2, -0.15) is 0 Å². The number of carbonyl (C=O) groups excluding carboxylic acids is 1. The molecule has 4 rings (SSSR count). The fraction of sp³-hybridized carbons (Fsp3) is 0.208. The first-order valence-electron chi connectivity index (χ1n) is 10.5. The van der Waals surface area contributed by atoms with Crippen molar-refractivity contribution in [3.8, 4) is 5.75 Å². The van der Waals surface area contributed by atoms with E-state index in [1.807, 2.05) is 68.4 Å². The van der Waals surface area contributed by atoms with Crippen LogP contribution in [0.25, 0.3) is 6.08 Å². The first-order chi connectivity index (χ1) is 16.4. The number of aromatic nitrogens is 2. The van der Waals surface area contributed by atoms with Crippen LogP contribution in [0.15, 0.2) is 81.0 Å². The topological polar surface area (TPSA) is 107 Å². The van der Waals surface area contributed by atoms with Gasteiger partial charge in [0.2, 0.25) is 5.27 Å². The number of thioether (sulfide) groups is 1. The molecule has 1 aromatic heterocycles. The summed E-state index contributed by atoms with van der Waals surface area (Å²) in [6.45, 7) is 3.88. The van der Waals surface area contributed by atoms with E-state index in [9.17, 15) is 9.90 Å². The smallest absolute Gasteiger partial charge is 0.320 e. The van der Waals surface area contributed by atoms with E-state index in [4.69, 9.17) is 9.26 Å². The van der Waals surface area contributed by atoms with Crippen LogP contribution in [0.1, 0.15) is 25.5 Å². The van der Waals surface area contributed by atoms with Crippen molar-refractivity contribution in [2.24, 2.45) is 9.98 Å². The van der Waals surface area contributed by atoms with Gasteiger partial charge in [0.25, 0.3) is 12.1 Å². The number of benzene rings is 2. The number of amidine groups is 1. The van der Waals surface area contributed by atoms with Crippen molar-refractivity contribution in [3.05, 3.63) is 72.1 Å². The highest BCUT2D eigenvalue weighted by Crippen LogP contribution is 2.29. The second-order valence-electron chi connectivity index (χ2n) is 7.58. The number of aliphatic imine (C=N–C) groups is 2. The van der Waals surface area contributed by atoms with E-state index in [0.717, 1.165) is 17.3 Å². The standard InChI is InChI=1S/C24H23N5O4S/c1-16(2)28-14-22(33-27-28)26-21(30)15-34-24-25-20(13-17-8-7-11-19(12-17)32-3)23(31)29(24)18-9-5-4-6-10-18/h4-14,16H,15H2,1-3H3/b20-13+. The molecular weight excluding hydrogens is 454 g/mol. The molecule has 34 heavy (non-hydrogen) atoms. The first kappa shape index (κ1) is 23.2. The maximum atomic E-state index is 13.2. The highest BCUT2D eigenvalue weighted by molar-refractivity contribution is 8.14. The Kier molecular flexibility index (Phi) is 7.07. The summed E-state index contributed by atoms with van der Waals surface area (Å²) in [5.74, 6) is 0.0723. The fourth-order valence-electron chi connectivity index (χ4n) is 3.11. The number of hydrogen-bond donors (Lipinski definition) is 0. The van der Waals surface area contributed by atoms with Gasteiger partial charge in [0.05, 0.1) is 12.8 Å². The Hall–Kier alpha value is -3.92. The number of ether oxygens (including phenoxy) is 1. The van der Waals surface area contributed by atoms with Gasteiger partial charge in [0.1, 0.15) is 11.4 Å². The monoisotopic (exact) mass is 477 g/mol. The van der Waals surface area contributed by atoms with Gasteiger partial charge in [0.15, 0.2) is 11.2 Å². The largest absolute Gasteiger partial charge is 0.861 e. The molecule has 2 heterocycles. The van der Waals surface area contributed by atoms with E-state index in [1.165, 1.54) is 4.90 Å². The average Bonchev–Trinajstić information content (AvgIpc) is 3.43. The summed E-state index contributed by atoms with van der Waals surface area (Å²) in [6.07, 6.45) is 3.26. The summed E-state index contributed by atoms with van der Waals surface area (Å²) in [7, 11) is 1.58. The van der Waals surface area contributed by atoms with E-state index < -0.39 is 5.90 Å². The molecule has 9 nitrogen and oxygen atoms in total. The van der Waals surface area contributed by atoms with Crippen molar-refractivity contribution in [1.29, 1.82) is 0 Å². The Labute approximate surface area is 201 Å². The van der Waals surface area contributed by atoms with Crippen molar-refractivity contribution < 1.29 is 23.8 Å². The summed E-state index contributed by atoms with van der Waals surface area (Å²) in [4.78, 5) is 23.2. The van der Waals surface area contributed by atoms with Gasteiger partial charge in [-0.25, -0.2) is 9.98 Å². The molecule has 0 radical (unpaired) electrons. The third-order valence-corrected chi connectivity index (χ3v) is 5.72. The Morgan fingerprint density at radius 1 is 1.26 bits per heavy atom. The Morgan fingerprint density at radius 3 is 2.76 bits per heavy atom. The highest BCUT2D eigenvalue weighted by Gasteiger charge is 2.31. The van der Waals surface area contributed by atoms with Crippen molar-refractivity contribution in [2.75, 3.05) is 17.8 Å². The molecule has 0 atom stereocenters. The van der Waals surface area contributed by atoms with E-state index in [2.05, 4.69) is 15.3 Å². The van der Waals surface area contributed by atoms with Crippen LogP contribution >= 0.6 is 11.8 Å². The van der Waals surface area contributed by atoms with E-state index in [1.54, 1.807) is 24.1 Å². The number of amides is 1. The Morgan fingerprint density at radius 2 is 2.06 bits per heavy atom. The van der Waals surface area contributed by atoms with E-state index >= 15 is 0 Å². The molecule has 10 heteroatoms. The van der Waals surface area contributed by atoms with Crippen molar-refractivity contribution in [2.45, 2.75) is 19.9 Å². The fourth-order valence-corrected chi connectivity index (χ4v) is 3.91. The number of methoxy groups -OCH3 is 1. The molecule has 0 aliphatic carbocycles. The molecule has 2 aromatic carbocycles. The van der Waals surface area contributed by atoms with Gasteiger partial charge in [-0.1, -0.05) is 42.1 Å². The Balaban J connectivity index is 1.58. The minimum Gasteiger partial charge on any atom is -0.861 e. The minimum absolute atomic E-state index is 0.0235. The zero-order valence-electron chi connectivity index (χ0n) is 18.9. The lowest BCUT2D eigenvalue weighted by Gasteiger charge is -2.18. The van der Waals surface area contributed by atoms with E-state index in [0.29, 0.717) is 16.6 Å². The molecule has 0 bridgehead atoms. The van der Waals surface area contributed by atoms with Gasteiger partial charge < -0.3 is 9.84 Å². The van der Waals surface area contributed by atoms with Crippen LogP contribution in [0.3, 0.4) is 0 Å². The van der Waals surface area contributed by atoms with Crippen LogP contribution in [0.5, 0.6) is 5.75 Å². The summed E-state index contributed by atoms with van der Waals surface area (Å²) in [5, 5.41) is 16.7. The maximum Gasteiger partial charge on any atom is 0.320 e. The number of carbonyl (C=O) groups is 1. The van der Waals surface area contributed by atoms with Crippen LogP contribution in [-0.4, -0.2) is 35.1 Å². The SMILES string of the molecule is COc1cccc(/C=C2/N=C(SC/C([O-])=N\c3c[n+](C(C)C)no3)N(c3ccccc3)C2=O)c1. The predicted octanol–water partition coefficient (Wildman–Crippen LogP) is 3.12. The molecule has 1 amide bonds. The average molecular weight is 478 g/mol. The molecule has 0 saturated heterocycles. The molecule has 0 spiro atoms. The van der Waals surface area contributed by atoms with Crippen molar-refractivity contribution in [3.63, 3.8) is 0 Å². The molecule has 0 unspecified atom stereocenters. The number of rotatable bonds is 7. The van der Waals surface area contributed by atoms with Crippen molar-refractivity contribution in [1.82, 2.24) is 5.27 Å². The maximum absolute atomic E-state index is 13.2. The lowest BCUT2D eigenvalue weighted by Crippen LogP contribution is -2.36. The number of nitrogens with zero attached hydrogens (tertiary/aromatic N) is 5. The van der Waals surface area contributed by atoms with Crippen LogP contribution in [0.2, 0.25) is 0 Å². The number of anilines is 1. The second kappa shape index (κ2) is 10.3. The summed E-state index contributed by atoms with van der Waals surface area (Å²) in [5.41, 5.74) is 1.70. The Bertz CT molecular complexity index is 1270. The predicted molar refractivity (Wildman–Crippen MR) is 129 cm³/mol. The van der Waals surface area contributed by atoms with Crippen LogP contribution < -0.4 is 19.4 Å². The van der Waals surface area contributed by atoms with Gasteiger partial charge in [-0.05, 0) is 60.3 Å². The summed E-state index contributed by atoms with van der Waals surface area (Å²) in [6, 6.07) is 16.6. The van der Waals surface area contributed by atoms with Gasteiger partial charge in [-0.15, -0.1) is 0 Å². The molecule has 0 N–H and O–H groups in total. The summed E-state index contributed by atoms with van der Waals surface area (Å²) < 4.78 is 11.9. The van der Waals surface area contributed by atoms with Gasteiger partial charge in [0, 0.05) is 5.75 Å². The third-order valence-electron chi connectivity index (χ3n) is 4.80. The van der Waals surface area contributed by atoms with Gasteiger partial charge in [-0.3, -0.25) is 14.2 Å². The lowest BCUT2D eigenvalue weighted by molar-refractivity contribution is -0.779. The third kappa shape index (κ3) is 5.34. The normalized spacial score (nSPS) is 15.4. The molecule has 0 fully saturated rings. The van der Waals surface area contributed by atoms with Gasteiger partial charge >= 0.3 is 5.88 Å². The minimum atomic E-state index is -0.426. The molecule has 0 saturated carbocycles. The van der Waals surface area contributed by atoms with Crippen molar-refractivity contribution >= 4 is 46.4 Å².